The first-order valence-electron chi connectivity index (χ1n) is 11.2. The van der Waals surface area contributed by atoms with Crippen LogP contribution in [-0.2, 0) is 33.4 Å². The number of cyclic esters (lactones) is 1. The van der Waals surface area contributed by atoms with E-state index in [1.807, 2.05) is 0 Å². The third-order valence-corrected chi connectivity index (χ3v) is 8.88. The van der Waals surface area contributed by atoms with Crippen LogP contribution in [0.2, 0.25) is 0 Å². The number of ketones is 2. The Morgan fingerprint density at radius 1 is 1.25 bits per heavy atom. The lowest BCUT2D eigenvalue weighted by atomic mass is 9.42. The molecule has 0 aromatic carbocycles. The molecule has 1 saturated heterocycles. The second-order valence-electron chi connectivity index (χ2n) is 10.3. The van der Waals surface area contributed by atoms with Gasteiger partial charge in [0.1, 0.15) is 11.7 Å². The summed E-state index contributed by atoms with van der Waals surface area (Å²) in [6.45, 7) is 7.91. The number of aliphatic hydroxyl groups is 1. The zero-order valence-electron chi connectivity index (χ0n) is 18.7. The highest BCUT2D eigenvalue weighted by molar-refractivity contribution is 6.16. The predicted molar refractivity (Wildman–Crippen MR) is 110 cm³/mol. The summed E-state index contributed by atoms with van der Waals surface area (Å²) in [7, 11) is 0. The largest absolute Gasteiger partial charge is 0.465 e. The fourth-order valence-corrected chi connectivity index (χ4v) is 7.38. The lowest BCUT2D eigenvalue weighted by Crippen LogP contribution is -2.71. The molecular formula is C24H30O8. The number of rotatable bonds is 4. The number of fused-ring (bicyclic) bond motifs is 2. The summed E-state index contributed by atoms with van der Waals surface area (Å²) in [5.74, 6) is -3.72. The Morgan fingerprint density at radius 2 is 1.94 bits per heavy atom. The lowest BCUT2D eigenvalue weighted by Gasteiger charge is -2.63. The molecule has 4 fully saturated rings. The standard InChI is InChI=1S/C24H30O8/c1-12-15-5-6-16-23(20(13(2)26)32-21(30)24(16,9-15)19(12)29)8-7-18(28)22(4,17(23)10-25)11-31-14(3)27/h10,15-18,20,28H,1,5-9,11H2,2-4H3. The first kappa shape index (κ1) is 22.8. The fourth-order valence-electron chi connectivity index (χ4n) is 7.38. The van der Waals surface area contributed by atoms with Crippen molar-refractivity contribution < 1.29 is 38.6 Å². The number of hydrogen-bond donors (Lipinski definition) is 1. The summed E-state index contributed by atoms with van der Waals surface area (Å²) < 4.78 is 11.0. The van der Waals surface area contributed by atoms with Crippen LogP contribution < -0.4 is 0 Å². The molecule has 1 heterocycles. The van der Waals surface area contributed by atoms with Crippen molar-refractivity contribution in [2.45, 2.75) is 65.1 Å². The van der Waals surface area contributed by atoms with Crippen LogP contribution in [0.3, 0.4) is 0 Å². The average Bonchev–Trinajstić information content (AvgIpc) is 2.93. The van der Waals surface area contributed by atoms with Gasteiger partial charge < -0.3 is 19.4 Å². The summed E-state index contributed by atoms with van der Waals surface area (Å²) in [6, 6.07) is 0. The molecule has 4 rings (SSSR count). The Labute approximate surface area is 186 Å². The monoisotopic (exact) mass is 446 g/mol. The topological polar surface area (TPSA) is 124 Å². The average molecular weight is 446 g/mol. The molecule has 0 amide bonds. The summed E-state index contributed by atoms with van der Waals surface area (Å²) in [6.07, 6.45) is 0.322. The minimum atomic E-state index is -1.46. The SMILES string of the molecule is C=C1C(=O)C23CC1CCC2C1(CCC(O)C(C)(COC(C)=O)C1C=O)C(C(C)=O)OC3=O. The molecule has 8 unspecified atom stereocenters. The maximum absolute atomic E-state index is 13.4. The van der Waals surface area contributed by atoms with E-state index in [1.54, 1.807) is 6.92 Å². The van der Waals surface area contributed by atoms with Crippen LogP contribution in [0, 0.1) is 34.0 Å². The van der Waals surface area contributed by atoms with Gasteiger partial charge in [0.15, 0.2) is 17.7 Å². The van der Waals surface area contributed by atoms with Gasteiger partial charge in [-0.25, -0.2) is 0 Å². The van der Waals surface area contributed by atoms with Crippen LogP contribution in [0.15, 0.2) is 12.2 Å². The van der Waals surface area contributed by atoms with E-state index in [2.05, 4.69) is 6.58 Å². The molecule has 0 aromatic rings. The smallest absolute Gasteiger partial charge is 0.321 e. The fraction of sp³-hybridized carbons (Fsp3) is 0.708. The number of esters is 2. The lowest BCUT2D eigenvalue weighted by molar-refractivity contribution is -0.244. The van der Waals surface area contributed by atoms with Crippen LogP contribution in [0.1, 0.15) is 52.9 Å². The number of hydrogen-bond acceptors (Lipinski definition) is 8. The molecule has 0 aromatic heterocycles. The first-order chi connectivity index (χ1) is 15.0. The van der Waals surface area contributed by atoms with Crippen molar-refractivity contribution in [3.8, 4) is 0 Å². The number of aldehydes is 1. The van der Waals surface area contributed by atoms with Gasteiger partial charge in [-0.1, -0.05) is 13.5 Å². The van der Waals surface area contributed by atoms with Crippen molar-refractivity contribution in [3.63, 3.8) is 0 Å². The molecule has 4 aliphatic rings. The molecule has 3 aliphatic carbocycles. The Kier molecular flexibility index (Phi) is 5.23. The third kappa shape index (κ3) is 2.68. The van der Waals surface area contributed by atoms with Gasteiger partial charge >= 0.3 is 11.9 Å². The van der Waals surface area contributed by atoms with Crippen molar-refractivity contribution in [2.24, 2.45) is 34.0 Å². The molecule has 3 saturated carbocycles. The highest BCUT2D eigenvalue weighted by Crippen LogP contribution is 2.69. The van der Waals surface area contributed by atoms with Crippen molar-refractivity contribution in [2.75, 3.05) is 6.61 Å². The Morgan fingerprint density at radius 3 is 2.53 bits per heavy atom. The van der Waals surface area contributed by atoms with Crippen LogP contribution >= 0.6 is 0 Å². The zero-order valence-corrected chi connectivity index (χ0v) is 18.7. The maximum atomic E-state index is 13.4. The van der Waals surface area contributed by atoms with Gasteiger partial charge in [0, 0.05) is 23.7 Å². The van der Waals surface area contributed by atoms with E-state index >= 15 is 0 Å². The van der Waals surface area contributed by atoms with E-state index < -0.39 is 58.0 Å². The summed E-state index contributed by atoms with van der Waals surface area (Å²) in [4.78, 5) is 63.8. The molecule has 2 bridgehead atoms. The van der Waals surface area contributed by atoms with Crippen molar-refractivity contribution in [1.82, 2.24) is 0 Å². The summed E-state index contributed by atoms with van der Waals surface area (Å²) in [5.41, 5.74) is -3.44. The normalized spacial score (nSPS) is 45.2. The Bertz CT molecular complexity index is 923. The van der Waals surface area contributed by atoms with Gasteiger partial charge in [0.2, 0.25) is 0 Å². The number of ether oxygens (including phenoxy) is 2. The van der Waals surface area contributed by atoms with Crippen LogP contribution in [0.25, 0.3) is 0 Å². The van der Waals surface area contributed by atoms with E-state index in [9.17, 15) is 29.1 Å². The predicted octanol–water partition coefficient (Wildman–Crippen LogP) is 1.57. The number of Topliss-reactive ketones (excluding diaryl/α,β-unsaturated/α-hetero) is 2. The first-order valence-corrected chi connectivity index (χ1v) is 11.2. The van der Waals surface area contributed by atoms with E-state index in [0.29, 0.717) is 24.7 Å². The minimum Gasteiger partial charge on any atom is -0.465 e. The van der Waals surface area contributed by atoms with Gasteiger partial charge in [0.25, 0.3) is 0 Å². The Balaban J connectivity index is 1.92. The van der Waals surface area contributed by atoms with E-state index in [-0.39, 0.29) is 37.6 Å². The molecule has 8 atom stereocenters. The molecular weight excluding hydrogens is 416 g/mol. The van der Waals surface area contributed by atoms with E-state index in [4.69, 9.17) is 9.47 Å². The van der Waals surface area contributed by atoms with Gasteiger partial charge in [-0.15, -0.1) is 0 Å². The van der Waals surface area contributed by atoms with E-state index in [0.717, 1.165) is 0 Å². The zero-order chi connectivity index (χ0) is 23.6. The summed E-state index contributed by atoms with van der Waals surface area (Å²) in [5, 5.41) is 10.9. The van der Waals surface area contributed by atoms with Crippen molar-refractivity contribution in [1.29, 1.82) is 0 Å². The van der Waals surface area contributed by atoms with Crippen LogP contribution in [-0.4, -0.2) is 53.7 Å². The maximum Gasteiger partial charge on any atom is 0.321 e. The minimum absolute atomic E-state index is 0.117. The Hall–Kier alpha value is -2.35. The molecule has 0 radical (unpaired) electrons. The highest BCUT2D eigenvalue weighted by Gasteiger charge is 2.76. The van der Waals surface area contributed by atoms with Crippen LogP contribution in [0.5, 0.6) is 0 Å². The van der Waals surface area contributed by atoms with Crippen molar-refractivity contribution >= 4 is 29.8 Å². The van der Waals surface area contributed by atoms with Crippen molar-refractivity contribution in [3.05, 3.63) is 12.2 Å². The quantitative estimate of drug-likeness (QED) is 0.299. The molecule has 8 nitrogen and oxygen atoms in total. The molecule has 2 spiro atoms. The highest BCUT2D eigenvalue weighted by atomic mass is 16.6. The number of allylic oxidation sites excluding steroid dienone is 1. The second kappa shape index (κ2) is 7.33. The second-order valence-corrected chi connectivity index (χ2v) is 10.3. The molecule has 174 valence electrons. The summed E-state index contributed by atoms with van der Waals surface area (Å²) >= 11 is 0. The van der Waals surface area contributed by atoms with Gasteiger partial charge in [-0.05, 0) is 56.4 Å². The molecule has 1 aliphatic heterocycles. The van der Waals surface area contributed by atoms with Gasteiger partial charge in [-0.3, -0.25) is 19.2 Å². The van der Waals surface area contributed by atoms with E-state index in [1.165, 1.54) is 13.8 Å². The number of carbonyl (C=O) groups excluding carboxylic acids is 5. The number of carbonyl (C=O) groups is 5. The molecule has 1 N–H and O–H groups in total. The molecule has 8 heteroatoms. The third-order valence-electron chi connectivity index (χ3n) is 8.88. The number of aliphatic hydroxyl groups excluding tert-OH is 1. The van der Waals surface area contributed by atoms with Gasteiger partial charge in [-0.2, -0.15) is 0 Å². The van der Waals surface area contributed by atoms with Crippen LogP contribution in [0.4, 0.5) is 0 Å². The molecule has 32 heavy (non-hydrogen) atoms. The van der Waals surface area contributed by atoms with Gasteiger partial charge in [0.05, 0.1) is 12.7 Å².